The quantitative estimate of drug-likeness (QED) is 0.707. The lowest BCUT2D eigenvalue weighted by Crippen LogP contribution is -2.05. The Kier molecular flexibility index (Phi) is 2.33. The molecule has 6 heteroatoms. The molecular weight excluding hydrogens is 235 g/mol. The van der Waals surface area contributed by atoms with Crippen molar-refractivity contribution in [2.75, 3.05) is 10.6 Å². The van der Waals surface area contributed by atoms with E-state index in [9.17, 15) is 9.18 Å². The molecule has 3 N–H and O–H groups in total. The van der Waals surface area contributed by atoms with Gasteiger partial charge in [0.05, 0.1) is 11.3 Å². The molecule has 2 heterocycles. The molecule has 1 aliphatic rings. The van der Waals surface area contributed by atoms with Gasteiger partial charge < -0.3 is 10.6 Å². The Morgan fingerprint density at radius 3 is 3.00 bits per heavy atom. The molecule has 0 saturated carbocycles. The lowest BCUT2D eigenvalue weighted by atomic mass is 10.1. The van der Waals surface area contributed by atoms with Gasteiger partial charge in [0.1, 0.15) is 5.82 Å². The van der Waals surface area contributed by atoms with Crippen molar-refractivity contribution in [1.82, 2.24) is 10.2 Å². The van der Waals surface area contributed by atoms with Crippen LogP contribution in [0.15, 0.2) is 36.7 Å². The highest BCUT2D eigenvalue weighted by Crippen LogP contribution is 2.31. The number of aromatic amines is 1. The van der Waals surface area contributed by atoms with Gasteiger partial charge in [0.15, 0.2) is 5.82 Å². The zero-order valence-electron chi connectivity index (χ0n) is 9.20. The molecule has 90 valence electrons. The first kappa shape index (κ1) is 10.5. The Bertz CT molecular complexity index is 634. The van der Waals surface area contributed by atoms with Crippen molar-refractivity contribution in [3.63, 3.8) is 0 Å². The molecule has 0 spiro atoms. The zero-order chi connectivity index (χ0) is 12.5. The zero-order valence-corrected chi connectivity index (χ0v) is 9.20. The molecule has 2 aromatic rings. The molecule has 18 heavy (non-hydrogen) atoms. The second-order valence-corrected chi connectivity index (χ2v) is 3.81. The fourth-order valence-corrected chi connectivity index (χ4v) is 1.80. The van der Waals surface area contributed by atoms with Crippen molar-refractivity contribution in [2.24, 2.45) is 0 Å². The maximum atomic E-state index is 13.0. The first-order chi connectivity index (χ1) is 8.74. The van der Waals surface area contributed by atoms with E-state index in [-0.39, 0.29) is 11.7 Å². The van der Waals surface area contributed by atoms with E-state index >= 15 is 0 Å². The molecule has 0 atom stereocenters. The minimum Gasteiger partial charge on any atom is -0.344 e. The molecule has 1 aromatic carbocycles. The number of amides is 1. The number of carbonyl (C=O) groups excluding carboxylic acids is 1. The van der Waals surface area contributed by atoms with Gasteiger partial charge in [-0.1, -0.05) is 0 Å². The summed E-state index contributed by atoms with van der Waals surface area (Å²) < 4.78 is 13.0. The highest BCUT2D eigenvalue weighted by molar-refractivity contribution is 6.31. The van der Waals surface area contributed by atoms with Gasteiger partial charge in [-0.2, -0.15) is 5.10 Å². The molecule has 3 rings (SSSR count). The molecule has 1 aromatic heterocycles. The van der Waals surface area contributed by atoms with Crippen LogP contribution in [0.1, 0.15) is 5.56 Å². The second-order valence-electron chi connectivity index (χ2n) is 3.81. The normalized spacial score (nSPS) is 15.6. The monoisotopic (exact) mass is 244 g/mol. The second kappa shape index (κ2) is 3.99. The smallest absolute Gasteiger partial charge is 0.257 e. The molecular formula is C12H9FN4O. The Morgan fingerprint density at radius 2 is 2.22 bits per heavy atom. The third-order valence-electron chi connectivity index (χ3n) is 2.63. The number of H-pyrrole nitrogens is 1. The maximum Gasteiger partial charge on any atom is 0.257 e. The standard InChI is InChI=1S/C12H9FN4O/c13-7-1-2-8-9(12(18)16-10(8)5-7)6-14-11-3-4-15-17-11/h1-6H,(H,16,18)(H2,14,15,17). The predicted molar refractivity (Wildman–Crippen MR) is 65.2 cm³/mol. The van der Waals surface area contributed by atoms with Crippen LogP contribution in [0.2, 0.25) is 0 Å². The van der Waals surface area contributed by atoms with Crippen LogP contribution >= 0.6 is 0 Å². The maximum absolute atomic E-state index is 13.0. The Labute approximate surface area is 102 Å². The van der Waals surface area contributed by atoms with E-state index < -0.39 is 0 Å². The van der Waals surface area contributed by atoms with E-state index in [1.165, 1.54) is 12.1 Å². The summed E-state index contributed by atoms with van der Waals surface area (Å²) in [5.74, 6) is -0.0416. The molecule has 0 saturated heterocycles. The summed E-state index contributed by atoms with van der Waals surface area (Å²) in [5.41, 5.74) is 1.60. The number of nitrogens with zero attached hydrogens (tertiary/aromatic N) is 1. The van der Waals surface area contributed by atoms with Crippen LogP contribution in [-0.2, 0) is 4.79 Å². The molecule has 1 aliphatic heterocycles. The molecule has 0 bridgehead atoms. The predicted octanol–water partition coefficient (Wildman–Crippen LogP) is 1.95. The van der Waals surface area contributed by atoms with Gasteiger partial charge in [0.25, 0.3) is 5.91 Å². The van der Waals surface area contributed by atoms with Gasteiger partial charge >= 0.3 is 0 Å². The lowest BCUT2D eigenvalue weighted by Gasteiger charge is -1.99. The van der Waals surface area contributed by atoms with Gasteiger partial charge in [-0.15, -0.1) is 0 Å². The van der Waals surface area contributed by atoms with Crippen LogP contribution in [0.3, 0.4) is 0 Å². The van der Waals surface area contributed by atoms with Crippen LogP contribution < -0.4 is 10.6 Å². The van der Waals surface area contributed by atoms with Crippen molar-refractivity contribution >= 4 is 23.0 Å². The molecule has 0 aliphatic carbocycles. The highest BCUT2D eigenvalue weighted by atomic mass is 19.1. The summed E-state index contributed by atoms with van der Waals surface area (Å²) in [4.78, 5) is 11.7. The first-order valence-corrected chi connectivity index (χ1v) is 5.32. The lowest BCUT2D eigenvalue weighted by molar-refractivity contribution is -0.110. The third-order valence-corrected chi connectivity index (χ3v) is 2.63. The average molecular weight is 244 g/mol. The van der Waals surface area contributed by atoms with E-state index in [0.29, 0.717) is 22.6 Å². The fourth-order valence-electron chi connectivity index (χ4n) is 1.80. The van der Waals surface area contributed by atoms with E-state index in [0.717, 1.165) is 0 Å². The Hall–Kier alpha value is -2.63. The van der Waals surface area contributed by atoms with Gasteiger partial charge in [-0.05, 0) is 18.2 Å². The van der Waals surface area contributed by atoms with Crippen LogP contribution in [0.25, 0.3) is 5.57 Å². The van der Waals surface area contributed by atoms with Crippen LogP contribution in [0, 0.1) is 5.82 Å². The molecule has 0 unspecified atom stereocenters. The number of hydrogen-bond donors (Lipinski definition) is 3. The van der Waals surface area contributed by atoms with Gasteiger partial charge in [-0.25, -0.2) is 4.39 Å². The largest absolute Gasteiger partial charge is 0.344 e. The van der Waals surface area contributed by atoms with E-state index in [1.807, 2.05) is 0 Å². The number of halogens is 1. The third kappa shape index (κ3) is 1.73. The number of rotatable bonds is 2. The number of anilines is 2. The summed E-state index contributed by atoms with van der Waals surface area (Å²) in [6, 6.07) is 5.92. The SMILES string of the molecule is O=C1Nc2cc(F)ccc2C1=CNc1cc[nH]n1. The average Bonchev–Trinajstić information content (AvgIpc) is 2.93. The molecule has 5 nitrogen and oxygen atoms in total. The van der Waals surface area contributed by atoms with Crippen molar-refractivity contribution in [3.8, 4) is 0 Å². The number of aromatic nitrogens is 2. The number of hydrogen-bond acceptors (Lipinski definition) is 3. The number of fused-ring (bicyclic) bond motifs is 1. The van der Waals surface area contributed by atoms with E-state index in [4.69, 9.17) is 0 Å². The fraction of sp³-hybridized carbons (Fsp3) is 0. The van der Waals surface area contributed by atoms with Gasteiger partial charge in [-0.3, -0.25) is 9.89 Å². The summed E-state index contributed by atoms with van der Waals surface area (Å²) in [6.07, 6.45) is 3.22. The minimum absolute atomic E-state index is 0.265. The minimum atomic E-state index is -0.379. The van der Waals surface area contributed by atoms with Crippen LogP contribution in [-0.4, -0.2) is 16.1 Å². The van der Waals surface area contributed by atoms with E-state index in [1.54, 1.807) is 24.5 Å². The number of nitrogens with one attached hydrogen (secondary N) is 3. The Morgan fingerprint density at radius 1 is 1.33 bits per heavy atom. The topological polar surface area (TPSA) is 69.8 Å². The summed E-state index contributed by atoms with van der Waals surface area (Å²) in [7, 11) is 0. The summed E-state index contributed by atoms with van der Waals surface area (Å²) in [6.45, 7) is 0. The molecule has 0 fully saturated rings. The van der Waals surface area contributed by atoms with Crippen molar-refractivity contribution < 1.29 is 9.18 Å². The number of carbonyl (C=O) groups is 1. The highest BCUT2D eigenvalue weighted by Gasteiger charge is 2.24. The van der Waals surface area contributed by atoms with Crippen molar-refractivity contribution in [1.29, 1.82) is 0 Å². The first-order valence-electron chi connectivity index (χ1n) is 5.32. The van der Waals surface area contributed by atoms with Crippen molar-refractivity contribution in [2.45, 2.75) is 0 Å². The van der Waals surface area contributed by atoms with Crippen molar-refractivity contribution in [3.05, 3.63) is 48.0 Å². The number of benzene rings is 1. The van der Waals surface area contributed by atoms with Crippen LogP contribution in [0.4, 0.5) is 15.9 Å². The van der Waals surface area contributed by atoms with Crippen LogP contribution in [0.5, 0.6) is 0 Å². The Balaban J connectivity index is 1.94. The summed E-state index contributed by atoms with van der Waals surface area (Å²) in [5, 5.41) is 12.0. The van der Waals surface area contributed by atoms with E-state index in [2.05, 4.69) is 20.8 Å². The molecule has 0 radical (unpaired) electrons. The van der Waals surface area contributed by atoms with Gasteiger partial charge in [0, 0.05) is 24.0 Å². The summed E-state index contributed by atoms with van der Waals surface area (Å²) >= 11 is 0. The molecule has 1 amide bonds. The van der Waals surface area contributed by atoms with Gasteiger partial charge in [0.2, 0.25) is 0 Å².